The van der Waals surface area contributed by atoms with Gasteiger partial charge in [0.25, 0.3) is 11.5 Å². The third kappa shape index (κ3) is 2.74. The third-order valence-electron chi connectivity index (χ3n) is 1.73. The molecule has 17 heavy (non-hydrogen) atoms. The molecule has 0 fully saturated rings. The van der Waals surface area contributed by atoms with E-state index in [1.165, 1.54) is 17.4 Å². The lowest BCUT2D eigenvalue weighted by Gasteiger charge is -1.96. The lowest BCUT2D eigenvalue weighted by molar-refractivity contribution is 0.0813. The van der Waals surface area contributed by atoms with Gasteiger partial charge in [0.15, 0.2) is 4.34 Å². The fourth-order valence-electron chi connectivity index (χ4n) is 1.08. The fourth-order valence-corrected chi connectivity index (χ4v) is 2.56. The third-order valence-corrected chi connectivity index (χ3v) is 3.60. The lowest BCUT2D eigenvalue weighted by atomic mass is 10.5. The molecule has 0 radical (unpaired) electrons. The number of carbonyl (C=O) groups excluding carboxylic acids is 1. The molecule has 0 aliphatic heterocycles. The molecule has 9 heteroatoms. The predicted octanol–water partition coefficient (Wildman–Crippen LogP) is 0.616. The van der Waals surface area contributed by atoms with Gasteiger partial charge in [-0.05, 0) is 6.92 Å². The molecule has 7 nitrogen and oxygen atoms in total. The number of hydrogen-bond acceptors (Lipinski definition) is 8. The summed E-state index contributed by atoms with van der Waals surface area (Å²) in [6.45, 7) is 1.60. The second-order valence-electron chi connectivity index (χ2n) is 3.07. The zero-order valence-electron chi connectivity index (χ0n) is 8.74. The number of carbonyl (C=O) groups is 1. The number of rotatable bonds is 3. The number of hydrogen-bond donors (Lipinski definition) is 1. The van der Waals surface area contributed by atoms with Crippen molar-refractivity contribution in [3.63, 3.8) is 0 Å². The Morgan fingerprint density at radius 1 is 1.65 bits per heavy atom. The van der Waals surface area contributed by atoms with Gasteiger partial charge in [0.1, 0.15) is 5.76 Å². The van der Waals surface area contributed by atoms with Crippen LogP contribution < -0.4 is 11.3 Å². The SMILES string of the molecule is Cc1cc(=O)n(C(=O)CSc2nnc(N)s2)o1. The van der Waals surface area contributed by atoms with Gasteiger partial charge in [-0.25, -0.2) is 0 Å². The first kappa shape index (κ1) is 11.9. The Morgan fingerprint density at radius 2 is 2.41 bits per heavy atom. The van der Waals surface area contributed by atoms with Crippen LogP contribution in [0.5, 0.6) is 0 Å². The van der Waals surface area contributed by atoms with Gasteiger partial charge >= 0.3 is 0 Å². The van der Waals surface area contributed by atoms with Crippen molar-refractivity contribution in [1.82, 2.24) is 14.9 Å². The van der Waals surface area contributed by atoms with E-state index >= 15 is 0 Å². The first-order valence-electron chi connectivity index (χ1n) is 4.51. The van der Waals surface area contributed by atoms with Crippen LogP contribution in [-0.2, 0) is 0 Å². The number of thioether (sulfide) groups is 1. The largest absolute Gasteiger partial charge is 0.374 e. The summed E-state index contributed by atoms with van der Waals surface area (Å²) in [6, 6.07) is 1.26. The number of nitrogens with two attached hydrogens (primary N) is 1. The van der Waals surface area contributed by atoms with Gasteiger partial charge in [-0.15, -0.1) is 14.9 Å². The number of aromatic nitrogens is 3. The quantitative estimate of drug-likeness (QED) is 0.816. The molecule has 2 rings (SSSR count). The van der Waals surface area contributed by atoms with Crippen LogP contribution in [0.25, 0.3) is 0 Å². The van der Waals surface area contributed by atoms with E-state index in [0.29, 0.717) is 15.2 Å². The maximum Gasteiger partial charge on any atom is 0.290 e. The van der Waals surface area contributed by atoms with Crippen molar-refractivity contribution in [2.45, 2.75) is 11.3 Å². The summed E-state index contributed by atoms with van der Waals surface area (Å²) in [6.07, 6.45) is 0. The van der Waals surface area contributed by atoms with Crippen molar-refractivity contribution in [3.05, 3.63) is 22.2 Å². The predicted molar refractivity (Wildman–Crippen MR) is 63.4 cm³/mol. The van der Waals surface area contributed by atoms with Gasteiger partial charge in [0, 0.05) is 6.07 Å². The fraction of sp³-hybridized carbons (Fsp3) is 0.250. The highest BCUT2D eigenvalue weighted by Gasteiger charge is 2.13. The molecule has 0 unspecified atom stereocenters. The topological polar surface area (TPSA) is 104 Å². The van der Waals surface area contributed by atoms with E-state index in [-0.39, 0.29) is 5.75 Å². The minimum atomic E-state index is -0.468. The summed E-state index contributed by atoms with van der Waals surface area (Å²) in [5.41, 5.74) is 4.93. The summed E-state index contributed by atoms with van der Waals surface area (Å²) >= 11 is 2.34. The summed E-state index contributed by atoms with van der Waals surface area (Å²) in [4.78, 5) is 22.9. The molecule has 0 bridgehead atoms. The Labute approximate surface area is 104 Å². The molecular weight excluding hydrogens is 264 g/mol. The van der Waals surface area contributed by atoms with E-state index in [0.717, 1.165) is 16.5 Å². The number of anilines is 1. The van der Waals surface area contributed by atoms with E-state index in [9.17, 15) is 9.59 Å². The summed E-state index contributed by atoms with van der Waals surface area (Å²) < 4.78 is 6.26. The molecule has 0 atom stereocenters. The maximum atomic E-state index is 11.6. The standard InChI is InChI=1S/C8H8N4O3S2/c1-4-2-5(13)12(15-4)6(14)3-16-8-11-10-7(9)17-8/h2H,3H2,1H3,(H2,9,10). The molecular formula is C8H8N4O3S2. The van der Waals surface area contributed by atoms with Crippen LogP contribution in [0.3, 0.4) is 0 Å². The number of nitrogens with zero attached hydrogens (tertiary/aromatic N) is 3. The monoisotopic (exact) mass is 272 g/mol. The Morgan fingerprint density at radius 3 is 2.94 bits per heavy atom. The zero-order valence-corrected chi connectivity index (χ0v) is 10.4. The van der Waals surface area contributed by atoms with E-state index < -0.39 is 11.5 Å². The maximum absolute atomic E-state index is 11.6. The normalized spacial score (nSPS) is 10.6. The van der Waals surface area contributed by atoms with Crippen LogP contribution in [0.15, 0.2) is 19.7 Å². The van der Waals surface area contributed by atoms with Gasteiger partial charge in [0.2, 0.25) is 5.13 Å². The van der Waals surface area contributed by atoms with E-state index in [2.05, 4.69) is 10.2 Å². The van der Waals surface area contributed by atoms with Gasteiger partial charge in [-0.2, -0.15) is 0 Å². The smallest absolute Gasteiger partial charge is 0.290 e. The molecule has 90 valence electrons. The van der Waals surface area contributed by atoms with Crippen LogP contribution in [0.1, 0.15) is 10.6 Å². The molecule has 0 amide bonds. The molecule has 0 aromatic carbocycles. The Hall–Kier alpha value is -1.61. The number of aryl methyl sites for hydroxylation is 1. The molecule has 0 spiro atoms. The van der Waals surface area contributed by atoms with Gasteiger partial charge in [-0.1, -0.05) is 23.1 Å². The van der Waals surface area contributed by atoms with Crippen LogP contribution in [-0.4, -0.2) is 26.6 Å². The number of nitrogen functional groups attached to an aromatic ring is 1. The molecule has 0 saturated carbocycles. The molecule has 2 N–H and O–H groups in total. The summed E-state index contributed by atoms with van der Waals surface area (Å²) in [5, 5.41) is 7.70. The molecule has 2 heterocycles. The summed E-state index contributed by atoms with van der Waals surface area (Å²) in [7, 11) is 0. The van der Waals surface area contributed by atoms with E-state index in [1.807, 2.05) is 0 Å². The first-order chi connectivity index (χ1) is 8.06. The second kappa shape index (κ2) is 4.72. The van der Waals surface area contributed by atoms with E-state index in [4.69, 9.17) is 10.3 Å². The van der Waals surface area contributed by atoms with Gasteiger partial charge in [0.05, 0.1) is 5.75 Å². The highest BCUT2D eigenvalue weighted by Crippen LogP contribution is 2.23. The molecule has 2 aromatic rings. The molecule has 0 saturated heterocycles. The van der Waals surface area contributed by atoms with Crippen molar-refractivity contribution in [2.24, 2.45) is 0 Å². The highest BCUT2D eigenvalue weighted by atomic mass is 32.2. The average Bonchev–Trinajstić information content (AvgIpc) is 2.81. The van der Waals surface area contributed by atoms with Crippen LogP contribution in [0.4, 0.5) is 5.13 Å². The molecule has 2 aromatic heterocycles. The van der Waals surface area contributed by atoms with E-state index in [1.54, 1.807) is 6.92 Å². The minimum Gasteiger partial charge on any atom is -0.374 e. The van der Waals surface area contributed by atoms with Crippen LogP contribution in [0.2, 0.25) is 0 Å². The Balaban J connectivity index is 2.03. The molecule has 0 aliphatic carbocycles. The minimum absolute atomic E-state index is 0.0431. The Kier molecular flexibility index (Phi) is 3.29. The van der Waals surface area contributed by atoms with Gasteiger partial charge < -0.3 is 10.3 Å². The molecule has 0 aliphatic rings. The van der Waals surface area contributed by atoms with Crippen molar-refractivity contribution < 1.29 is 9.32 Å². The van der Waals surface area contributed by atoms with Crippen LogP contribution >= 0.6 is 23.1 Å². The Bertz CT molecular complexity index is 600. The van der Waals surface area contributed by atoms with Crippen molar-refractivity contribution >= 4 is 34.1 Å². The summed E-state index contributed by atoms with van der Waals surface area (Å²) in [5.74, 6) is -0.00280. The lowest BCUT2D eigenvalue weighted by Crippen LogP contribution is -2.23. The zero-order chi connectivity index (χ0) is 12.4. The van der Waals surface area contributed by atoms with Crippen molar-refractivity contribution in [1.29, 1.82) is 0 Å². The highest BCUT2D eigenvalue weighted by molar-refractivity contribution is 8.01. The van der Waals surface area contributed by atoms with Crippen molar-refractivity contribution in [3.8, 4) is 0 Å². The first-order valence-corrected chi connectivity index (χ1v) is 6.31. The van der Waals surface area contributed by atoms with Crippen molar-refractivity contribution in [2.75, 3.05) is 11.5 Å². The average molecular weight is 272 g/mol. The second-order valence-corrected chi connectivity index (χ2v) is 5.30. The van der Waals surface area contributed by atoms with Crippen LogP contribution in [0, 0.1) is 6.92 Å². The van der Waals surface area contributed by atoms with Gasteiger partial charge in [-0.3, -0.25) is 9.59 Å².